The summed E-state index contributed by atoms with van der Waals surface area (Å²) >= 11 is 0. The number of likely N-dealkylation sites (tertiary alicyclic amines) is 1. The summed E-state index contributed by atoms with van der Waals surface area (Å²) in [6.07, 6.45) is 1.75. The van der Waals surface area contributed by atoms with Crippen LogP contribution in [0.1, 0.15) is 25.3 Å². The van der Waals surface area contributed by atoms with E-state index in [1.165, 1.54) is 16.3 Å². The monoisotopic (exact) mass is 356 g/mol. The zero-order valence-corrected chi connectivity index (χ0v) is 15.3. The van der Waals surface area contributed by atoms with Gasteiger partial charge in [-0.2, -0.15) is 0 Å². The van der Waals surface area contributed by atoms with E-state index in [2.05, 4.69) is 48.6 Å². The van der Waals surface area contributed by atoms with Crippen LogP contribution in [0.2, 0.25) is 0 Å². The molecular formula is C21H28N2O3. The average Bonchev–Trinajstić information content (AvgIpc) is 2.67. The predicted molar refractivity (Wildman–Crippen MR) is 103 cm³/mol. The predicted octanol–water partition coefficient (Wildman–Crippen LogP) is 2.55. The van der Waals surface area contributed by atoms with Crippen LogP contribution in [0.3, 0.4) is 0 Å². The third-order valence-electron chi connectivity index (χ3n) is 5.33. The van der Waals surface area contributed by atoms with Crippen LogP contribution in [0.15, 0.2) is 42.5 Å². The fraction of sp³-hybridized carbons (Fsp3) is 0.476. The van der Waals surface area contributed by atoms with E-state index in [0.29, 0.717) is 38.4 Å². The van der Waals surface area contributed by atoms with Gasteiger partial charge in [-0.1, -0.05) is 49.4 Å². The molecule has 2 aromatic rings. The molecule has 0 radical (unpaired) electrons. The number of aliphatic hydroxyl groups excluding tert-OH is 1. The number of hydrogen-bond donors (Lipinski definition) is 3. The fourth-order valence-corrected chi connectivity index (χ4v) is 3.58. The molecule has 5 heteroatoms. The molecule has 0 aromatic heterocycles. The molecule has 3 N–H and O–H groups in total. The minimum absolute atomic E-state index is 0.0882. The summed E-state index contributed by atoms with van der Waals surface area (Å²) < 4.78 is 0. The minimum atomic E-state index is -1.03. The number of carbonyl (C=O) groups excluding carboxylic acids is 1. The van der Waals surface area contributed by atoms with Crippen molar-refractivity contribution in [2.45, 2.75) is 31.8 Å². The van der Waals surface area contributed by atoms with Crippen molar-refractivity contribution < 1.29 is 15.0 Å². The number of rotatable bonds is 5. The number of benzene rings is 2. The number of aliphatic hydroxyl groups is 2. The molecule has 5 nitrogen and oxygen atoms in total. The SMILES string of the molecule is C[C@@H](CNC(=O)N1CCC(O)(CO)CC1)Cc1cccc2ccccc12. The number of amides is 2. The van der Waals surface area contributed by atoms with Gasteiger partial charge in [0, 0.05) is 19.6 Å². The Morgan fingerprint density at radius 3 is 2.62 bits per heavy atom. The molecule has 26 heavy (non-hydrogen) atoms. The summed E-state index contributed by atoms with van der Waals surface area (Å²) in [6, 6.07) is 14.6. The number of nitrogens with zero attached hydrogens (tertiary/aromatic N) is 1. The normalized spacial score (nSPS) is 17.9. The lowest BCUT2D eigenvalue weighted by Crippen LogP contribution is -2.51. The highest BCUT2D eigenvalue weighted by molar-refractivity contribution is 5.85. The molecule has 0 bridgehead atoms. The Balaban J connectivity index is 1.51. The molecule has 2 amide bonds. The standard InChI is InChI=1S/C21H28N2O3/c1-16(13-18-7-4-6-17-5-2-3-8-19(17)18)14-22-20(25)23-11-9-21(26,15-24)10-12-23/h2-8,16,24,26H,9-15H2,1H3,(H,22,25)/t16-/m1/s1. The third-order valence-corrected chi connectivity index (χ3v) is 5.33. The van der Waals surface area contributed by atoms with Crippen LogP contribution in [-0.2, 0) is 6.42 Å². The van der Waals surface area contributed by atoms with Crippen molar-refractivity contribution in [1.29, 1.82) is 0 Å². The molecule has 1 heterocycles. The van der Waals surface area contributed by atoms with Crippen LogP contribution < -0.4 is 5.32 Å². The second-order valence-electron chi connectivity index (χ2n) is 7.50. The smallest absolute Gasteiger partial charge is 0.317 e. The third kappa shape index (κ3) is 4.34. The summed E-state index contributed by atoms with van der Waals surface area (Å²) in [5.74, 6) is 0.323. The molecule has 0 spiro atoms. The largest absolute Gasteiger partial charge is 0.393 e. The van der Waals surface area contributed by atoms with E-state index in [9.17, 15) is 15.0 Å². The van der Waals surface area contributed by atoms with Crippen molar-refractivity contribution in [2.75, 3.05) is 26.2 Å². The van der Waals surface area contributed by atoms with Crippen LogP contribution in [0, 0.1) is 5.92 Å². The Labute approximate surface area is 154 Å². The number of nitrogens with one attached hydrogen (secondary N) is 1. The van der Waals surface area contributed by atoms with E-state index in [-0.39, 0.29) is 12.6 Å². The molecule has 1 aliphatic rings. The second-order valence-corrected chi connectivity index (χ2v) is 7.50. The highest BCUT2D eigenvalue weighted by atomic mass is 16.3. The minimum Gasteiger partial charge on any atom is -0.393 e. The average molecular weight is 356 g/mol. The lowest BCUT2D eigenvalue weighted by Gasteiger charge is -2.37. The van der Waals surface area contributed by atoms with Gasteiger partial charge < -0.3 is 20.4 Å². The molecule has 140 valence electrons. The van der Waals surface area contributed by atoms with E-state index in [1.54, 1.807) is 4.90 Å². The van der Waals surface area contributed by atoms with Crippen LogP contribution in [0.5, 0.6) is 0 Å². The van der Waals surface area contributed by atoms with Crippen molar-refractivity contribution in [3.8, 4) is 0 Å². The van der Waals surface area contributed by atoms with Crippen LogP contribution in [0.25, 0.3) is 10.8 Å². The summed E-state index contributed by atoms with van der Waals surface area (Å²) in [6.45, 7) is 3.46. The zero-order valence-electron chi connectivity index (χ0n) is 15.3. The maximum Gasteiger partial charge on any atom is 0.317 e. The Bertz CT molecular complexity index is 749. The Morgan fingerprint density at radius 1 is 1.19 bits per heavy atom. The van der Waals surface area contributed by atoms with Gasteiger partial charge in [-0.05, 0) is 41.5 Å². The van der Waals surface area contributed by atoms with Gasteiger partial charge in [0.05, 0.1) is 12.2 Å². The van der Waals surface area contributed by atoms with Crippen molar-refractivity contribution in [3.05, 3.63) is 48.0 Å². The maximum atomic E-state index is 12.3. The highest BCUT2D eigenvalue weighted by Gasteiger charge is 2.33. The van der Waals surface area contributed by atoms with Crippen molar-refractivity contribution in [3.63, 3.8) is 0 Å². The first-order chi connectivity index (χ1) is 12.5. The molecule has 0 unspecified atom stereocenters. The Morgan fingerprint density at radius 2 is 1.88 bits per heavy atom. The van der Waals surface area contributed by atoms with Crippen LogP contribution in [-0.4, -0.2) is 53.0 Å². The van der Waals surface area contributed by atoms with Gasteiger partial charge in [0.25, 0.3) is 0 Å². The molecule has 1 fully saturated rings. The number of fused-ring (bicyclic) bond motifs is 1. The van der Waals surface area contributed by atoms with E-state index in [1.807, 2.05) is 6.07 Å². The quantitative estimate of drug-likeness (QED) is 0.771. The van der Waals surface area contributed by atoms with Gasteiger partial charge in [-0.15, -0.1) is 0 Å². The molecule has 1 aliphatic heterocycles. The molecule has 0 aliphatic carbocycles. The molecule has 0 saturated carbocycles. The molecule has 1 saturated heterocycles. The lowest BCUT2D eigenvalue weighted by molar-refractivity contribution is -0.0526. The Kier molecular flexibility index (Phi) is 5.79. The summed E-state index contributed by atoms with van der Waals surface area (Å²) in [7, 11) is 0. The van der Waals surface area contributed by atoms with Crippen molar-refractivity contribution in [1.82, 2.24) is 10.2 Å². The second kappa shape index (κ2) is 8.06. The molecular weight excluding hydrogens is 328 g/mol. The van der Waals surface area contributed by atoms with E-state index in [4.69, 9.17) is 0 Å². The van der Waals surface area contributed by atoms with Gasteiger partial charge >= 0.3 is 6.03 Å². The van der Waals surface area contributed by atoms with Crippen LogP contribution >= 0.6 is 0 Å². The van der Waals surface area contributed by atoms with Crippen molar-refractivity contribution >= 4 is 16.8 Å². The summed E-state index contributed by atoms with van der Waals surface area (Å²) in [5.41, 5.74) is 0.272. The first-order valence-corrected chi connectivity index (χ1v) is 9.33. The topological polar surface area (TPSA) is 72.8 Å². The van der Waals surface area contributed by atoms with Crippen molar-refractivity contribution in [2.24, 2.45) is 5.92 Å². The number of carbonyl (C=O) groups is 1. The fourth-order valence-electron chi connectivity index (χ4n) is 3.58. The maximum absolute atomic E-state index is 12.3. The lowest BCUT2D eigenvalue weighted by atomic mass is 9.92. The number of hydrogen-bond acceptors (Lipinski definition) is 3. The summed E-state index contributed by atoms with van der Waals surface area (Å²) in [5, 5.41) is 24.8. The van der Waals surface area contributed by atoms with E-state index >= 15 is 0 Å². The molecule has 3 rings (SSSR count). The highest BCUT2D eigenvalue weighted by Crippen LogP contribution is 2.22. The first-order valence-electron chi connectivity index (χ1n) is 9.33. The van der Waals surface area contributed by atoms with Gasteiger partial charge in [-0.25, -0.2) is 4.79 Å². The molecule has 1 atom stereocenters. The van der Waals surface area contributed by atoms with Gasteiger partial charge in [0.2, 0.25) is 0 Å². The van der Waals surface area contributed by atoms with Gasteiger partial charge in [0.1, 0.15) is 0 Å². The molecule has 2 aromatic carbocycles. The Hall–Kier alpha value is -2.11. The van der Waals surface area contributed by atoms with Crippen LogP contribution in [0.4, 0.5) is 4.79 Å². The van der Waals surface area contributed by atoms with E-state index in [0.717, 1.165) is 6.42 Å². The summed E-state index contributed by atoms with van der Waals surface area (Å²) in [4.78, 5) is 14.1. The number of urea groups is 1. The van der Waals surface area contributed by atoms with E-state index < -0.39 is 5.60 Å². The number of piperidine rings is 1. The van der Waals surface area contributed by atoms with Gasteiger partial charge in [0.15, 0.2) is 0 Å². The van der Waals surface area contributed by atoms with Gasteiger partial charge in [-0.3, -0.25) is 0 Å². The zero-order chi connectivity index (χ0) is 18.6. The first kappa shape index (κ1) is 18.7.